The van der Waals surface area contributed by atoms with Crippen LogP contribution in [-0.4, -0.2) is 23.2 Å². The number of benzene rings is 1. The monoisotopic (exact) mass is 202 g/mol. The van der Waals surface area contributed by atoms with Crippen molar-refractivity contribution in [3.8, 4) is 0 Å². The molecule has 2 heterocycles. The molecule has 14 heavy (non-hydrogen) atoms. The molecular formula is C10H6N2OS. The van der Waals surface area contributed by atoms with Crippen molar-refractivity contribution >= 4 is 29.7 Å². The zero-order valence-corrected chi connectivity index (χ0v) is 7.99. The molecule has 0 N–H and O–H groups in total. The standard InChI is InChI=1S/C10H6N2OS/c13-10-9-8(11-5-12-10)6-3-1-2-4-7(6)14-9/h1-5,9H. The summed E-state index contributed by atoms with van der Waals surface area (Å²) in [4.78, 5) is 20.4. The molecule has 2 aliphatic heterocycles. The Kier molecular flexibility index (Phi) is 1.58. The van der Waals surface area contributed by atoms with Gasteiger partial charge in [-0.25, -0.2) is 9.98 Å². The molecule has 0 saturated carbocycles. The zero-order chi connectivity index (χ0) is 9.54. The highest BCUT2D eigenvalue weighted by Gasteiger charge is 2.35. The van der Waals surface area contributed by atoms with Gasteiger partial charge in [0.05, 0.1) is 5.71 Å². The van der Waals surface area contributed by atoms with Crippen LogP contribution in [0.3, 0.4) is 0 Å². The summed E-state index contributed by atoms with van der Waals surface area (Å²) in [7, 11) is 0. The molecule has 1 aromatic rings. The number of hydrogen-bond donors (Lipinski definition) is 0. The van der Waals surface area contributed by atoms with Gasteiger partial charge in [-0.05, 0) is 6.07 Å². The van der Waals surface area contributed by atoms with Gasteiger partial charge in [0.25, 0.3) is 5.91 Å². The Balaban J connectivity index is 2.19. The lowest BCUT2D eigenvalue weighted by Crippen LogP contribution is -2.25. The number of carbonyl (C=O) groups excluding carboxylic acids is 1. The summed E-state index contributed by atoms with van der Waals surface area (Å²) in [6, 6.07) is 7.93. The molecule has 0 aromatic heterocycles. The number of hydrogen-bond acceptors (Lipinski definition) is 3. The molecule has 1 atom stereocenters. The Morgan fingerprint density at radius 2 is 2.14 bits per heavy atom. The van der Waals surface area contributed by atoms with Crippen LogP contribution in [-0.2, 0) is 4.79 Å². The second kappa shape index (κ2) is 2.78. The lowest BCUT2D eigenvalue weighted by Gasteiger charge is -2.07. The average Bonchev–Trinajstić information content (AvgIpc) is 2.59. The number of thioether (sulfide) groups is 1. The van der Waals surface area contributed by atoms with Gasteiger partial charge in [0, 0.05) is 10.5 Å². The third-order valence-corrected chi connectivity index (χ3v) is 3.53. The Hall–Kier alpha value is -1.42. The van der Waals surface area contributed by atoms with Crippen molar-refractivity contribution in [2.75, 3.05) is 0 Å². The van der Waals surface area contributed by atoms with E-state index >= 15 is 0 Å². The van der Waals surface area contributed by atoms with Crippen LogP contribution in [0.15, 0.2) is 39.1 Å². The van der Waals surface area contributed by atoms with Crippen molar-refractivity contribution in [3.63, 3.8) is 0 Å². The fraction of sp³-hybridized carbons (Fsp3) is 0.100. The molecule has 0 fully saturated rings. The van der Waals surface area contributed by atoms with Gasteiger partial charge in [0.1, 0.15) is 11.6 Å². The normalized spacial score (nSPS) is 23.0. The van der Waals surface area contributed by atoms with E-state index in [4.69, 9.17) is 0 Å². The first-order valence-electron chi connectivity index (χ1n) is 4.26. The van der Waals surface area contributed by atoms with Gasteiger partial charge >= 0.3 is 0 Å². The summed E-state index contributed by atoms with van der Waals surface area (Å²) >= 11 is 1.53. The largest absolute Gasteiger partial charge is 0.271 e. The molecular weight excluding hydrogens is 196 g/mol. The summed E-state index contributed by atoms with van der Waals surface area (Å²) in [6.07, 6.45) is 1.34. The average molecular weight is 202 g/mol. The minimum Gasteiger partial charge on any atom is -0.271 e. The number of fused-ring (bicyclic) bond motifs is 3. The van der Waals surface area contributed by atoms with Crippen LogP contribution in [0.4, 0.5) is 0 Å². The molecule has 4 heteroatoms. The Morgan fingerprint density at radius 1 is 1.29 bits per heavy atom. The van der Waals surface area contributed by atoms with E-state index < -0.39 is 0 Å². The molecule has 0 bridgehead atoms. The minimum absolute atomic E-state index is 0.101. The third kappa shape index (κ3) is 0.974. The lowest BCUT2D eigenvalue weighted by molar-refractivity contribution is -0.116. The summed E-state index contributed by atoms with van der Waals surface area (Å²) in [5, 5.41) is -0.211. The highest BCUT2D eigenvalue weighted by molar-refractivity contribution is 8.02. The summed E-state index contributed by atoms with van der Waals surface area (Å²) in [6.45, 7) is 0. The van der Waals surface area contributed by atoms with Crippen molar-refractivity contribution in [2.45, 2.75) is 10.1 Å². The minimum atomic E-state index is -0.211. The Bertz CT molecular complexity index is 479. The summed E-state index contributed by atoms with van der Waals surface area (Å²) in [5.74, 6) is -0.101. The van der Waals surface area contributed by atoms with Crippen molar-refractivity contribution in [1.82, 2.24) is 0 Å². The van der Waals surface area contributed by atoms with E-state index in [2.05, 4.69) is 9.98 Å². The molecule has 0 saturated heterocycles. The van der Waals surface area contributed by atoms with Gasteiger partial charge in [0.2, 0.25) is 0 Å². The first-order valence-corrected chi connectivity index (χ1v) is 5.14. The number of carbonyl (C=O) groups is 1. The number of nitrogens with zero attached hydrogens (tertiary/aromatic N) is 2. The van der Waals surface area contributed by atoms with Crippen molar-refractivity contribution < 1.29 is 4.79 Å². The maximum Gasteiger partial charge on any atom is 0.266 e. The molecule has 0 radical (unpaired) electrons. The number of aliphatic imine (C=N–C) groups is 2. The third-order valence-electron chi connectivity index (χ3n) is 2.26. The predicted molar refractivity (Wildman–Crippen MR) is 56.1 cm³/mol. The smallest absolute Gasteiger partial charge is 0.266 e. The van der Waals surface area contributed by atoms with Gasteiger partial charge in [-0.2, -0.15) is 0 Å². The van der Waals surface area contributed by atoms with Crippen LogP contribution in [0.1, 0.15) is 5.56 Å². The fourth-order valence-corrected chi connectivity index (χ4v) is 2.80. The van der Waals surface area contributed by atoms with E-state index in [1.165, 1.54) is 18.1 Å². The predicted octanol–water partition coefficient (Wildman–Crippen LogP) is 1.52. The quantitative estimate of drug-likeness (QED) is 0.640. The highest BCUT2D eigenvalue weighted by atomic mass is 32.2. The van der Waals surface area contributed by atoms with E-state index in [9.17, 15) is 4.79 Å². The molecule has 3 nitrogen and oxygen atoms in total. The SMILES string of the molecule is O=C1N=CN=C2c3ccccc3SC12. The molecule has 1 unspecified atom stereocenters. The second-order valence-electron chi connectivity index (χ2n) is 3.09. The van der Waals surface area contributed by atoms with E-state index in [-0.39, 0.29) is 11.2 Å². The fourth-order valence-electron chi connectivity index (χ4n) is 1.63. The summed E-state index contributed by atoms with van der Waals surface area (Å²) < 4.78 is 0. The van der Waals surface area contributed by atoms with Crippen LogP contribution in [0.5, 0.6) is 0 Å². The van der Waals surface area contributed by atoms with E-state index in [1.807, 2.05) is 24.3 Å². The van der Waals surface area contributed by atoms with Crippen LogP contribution in [0, 0.1) is 0 Å². The second-order valence-corrected chi connectivity index (χ2v) is 4.24. The number of amides is 1. The van der Waals surface area contributed by atoms with E-state index in [0.717, 1.165) is 16.2 Å². The van der Waals surface area contributed by atoms with Gasteiger partial charge in [0.15, 0.2) is 0 Å². The Morgan fingerprint density at radius 3 is 3.07 bits per heavy atom. The molecule has 3 rings (SSSR count). The first-order chi connectivity index (χ1) is 6.86. The van der Waals surface area contributed by atoms with Crippen LogP contribution in [0.2, 0.25) is 0 Å². The van der Waals surface area contributed by atoms with Gasteiger partial charge in [-0.1, -0.05) is 18.2 Å². The Labute approximate surface area is 85.0 Å². The van der Waals surface area contributed by atoms with Gasteiger partial charge < -0.3 is 0 Å². The van der Waals surface area contributed by atoms with E-state index in [0.29, 0.717) is 0 Å². The highest BCUT2D eigenvalue weighted by Crippen LogP contribution is 2.38. The topological polar surface area (TPSA) is 41.8 Å². The molecule has 68 valence electrons. The van der Waals surface area contributed by atoms with E-state index in [1.54, 1.807) is 0 Å². The number of rotatable bonds is 0. The zero-order valence-electron chi connectivity index (χ0n) is 7.18. The van der Waals surface area contributed by atoms with Crippen LogP contribution < -0.4 is 0 Å². The van der Waals surface area contributed by atoms with Gasteiger partial charge in [-0.3, -0.25) is 4.79 Å². The maximum absolute atomic E-state index is 11.4. The molecule has 1 aromatic carbocycles. The molecule has 1 amide bonds. The van der Waals surface area contributed by atoms with Crippen molar-refractivity contribution in [3.05, 3.63) is 29.8 Å². The van der Waals surface area contributed by atoms with Crippen molar-refractivity contribution in [1.29, 1.82) is 0 Å². The molecule has 0 spiro atoms. The molecule has 2 aliphatic rings. The van der Waals surface area contributed by atoms with Crippen LogP contribution in [0.25, 0.3) is 0 Å². The lowest BCUT2D eigenvalue weighted by atomic mass is 10.1. The first kappa shape index (κ1) is 7.94. The van der Waals surface area contributed by atoms with Gasteiger partial charge in [-0.15, -0.1) is 11.8 Å². The maximum atomic E-state index is 11.4. The van der Waals surface area contributed by atoms with Crippen molar-refractivity contribution in [2.24, 2.45) is 9.98 Å². The summed E-state index contributed by atoms with van der Waals surface area (Å²) in [5.41, 5.74) is 1.92. The molecule has 0 aliphatic carbocycles. The van der Waals surface area contributed by atoms with Crippen LogP contribution >= 0.6 is 11.8 Å².